The van der Waals surface area contributed by atoms with E-state index in [0.29, 0.717) is 0 Å². The van der Waals surface area contributed by atoms with Gasteiger partial charge >= 0.3 is 12.1 Å². The third kappa shape index (κ3) is 5.29. The summed E-state index contributed by atoms with van der Waals surface area (Å²) in [6, 6.07) is -0.788. The normalized spacial score (nSPS) is 26.3. The van der Waals surface area contributed by atoms with Crippen molar-refractivity contribution in [3.8, 4) is 6.07 Å². The van der Waals surface area contributed by atoms with Gasteiger partial charge in [-0.1, -0.05) is 13.8 Å². The van der Waals surface area contributed by atoms with E-state index in [-0.39, 0.29) is 30.3 Å². The Hall–Kier alpha value is -2.35. The first-order valence-corrected chi connectivity index (χ1v) is 10.0. The summed E-state index contributed by atoms with van der Waals surface area (Å²) in [5.74, 6) is -3.82. The van der Waals surface area contributed by atoms with Crippen molar-refractivity contribution < 1.29 is 32.3 Å². The van der Waals surface area contributed by atoms with E-state index in [9.17, 15) is 27.6 Å². The summed E-state index contributed by atoms with van der Waals surface area (Å²) in [5, 5.41) is 12.9. The van der Waals surface area contributed by atoms with Crippen LogP contribution in [0, 0.1) is 28.6 Å². The number of alkyl halides is 3. The first-order valence-electron chi connectivity index (χ1n) is 10.0. The van der Waals surface area contributed by atoms with Crippen LogP contribution in [0.3, 0.4) is 0 Å². The molecule has 5 atom stereocenters. The number of piperidine rings is 1. The lowest BCUT2D eigenvalue weighted by Gasteiger charge is -2.36. The topological polar surface area (TPSA) is 112 Å². The average molecular weight is 446 g/mol. The van der Waals surface area contributed by atoms with E-state index in [4.69, 9.17) is 10.00 Å². The number of amides is 3. The maximum absolute atomic E-state index is 13.3. The van der Waals surface area contributed by atoms with Crippen LogP contribution in [0.4, 0.5) is 13.2 Å². The summed E-state index contributed by atoms with van der Waals surface area (Å²) in [7, 11) is 0. The highest BCUT2D eigenvalue weighted by Gasteiger charge is 2.69. The highest BCUT2D eigenvalue weighted by atomic mass is 19.4. The fourth-order valence-electron chi connectivity index (χ4n) is 4.45. The lowest BCUT2D eigenvalue weighted by Crippen LogP contribution is -2.60. The van der Waals surface area contributed by atoms with Crippen molar-refractivity contribution >= 4 is 17.7 Å². The maximum Gasteiger partial charge on any atom is 0.471 e. The second-order valence-corrected chi connectivity index (χ2v) is 9.65. The summed E-state index contributed by atoms with van der Waals surface area (Å²) in [4.78, 5) is 38.8. The largest absolute Gasteiger partial charge is 0.471 e. The Morgan fingerprint density at radius 2 is 1.84 bits per heavy atom. The third-order valence-electron chi connectivity index (χ3n) is 5.92. The van der Waals surface area contributed by atoms with Gasteiger partial charge in [-0.25, -0.2) is 0 Å². The lowest BCUT2D eigenvalue weighted by molar-refractivity contribution is -0.177. The molecule has 8 nitrogen and oxygen atoms in total. The molecule has 0 unspecified atom stereocenters. The molecule has 11 heteroatoms. The standard InChI is InChI=1S/C20H29F3N4O4/c1-10(31-18(2,3)4)13(26-17(30)20(21,22)23)16(29)27-9-11-12(19(11,5)6)14(27)15(28)25-8-7-24/h10-14H,8-9H2,1-6H3,(H,25,28)(H,26,30)/t10-,11+,12+,13+,14+/m1/s1. The second-order valence-electron chi connectivity index (χ2n) is 9.65. The molecule has 31 heavy (non-hydrogen) atoms. The third-order valence-corrected chi connectivity index (χ3v) is 5.92. The number of nitriles is 1. The molecule has 2 aliphatic rings. The molecule has 174 valence electrons. The zero-order valence-corrected chi connectivity index (χ0v) is 18.5. The molecule has 0 aromatic carbocycles. The van der Waals surface area contributed by atoms with Crippen LogP contribution in [0.15, 0.2) is 0 Å². The molecule has 0 aromatic rings. The Morgan fingerprint density at radius 1 is 1.26 bits per heavy atom. The molecule has 3 amide bonds. The van der Waals surface area contributed by atoms with E-state index in [1.807, 2.05) is 13.8 Å². The van der Waals surface area contributed by atoms with Crippen LogP contribution in [-0.4, -0.2) is 65.7 Å². The molecule has 1 aliphatic carbocycles. The minimum Gasteiger partial charge on any atom is -0.370 e. The van der Waals surface area contributed by atoms with Gasteiger partial charge in [-0.2, -0.15) is 18.4 Å². The Bertz CT molecular complexity index is 785. The van der Waals surface area contributed by atoms with Crippen molar-refractivity contribution in [3.63, 3.8) is 0 Å². The zero-order chi connectivity index (χ0) is 23.9. The van der Waals surface area contributed by atoms with Crippen molar-refractivity contribution in [2.45, 2.75) is 71.5 Å². The predicted molar refractivity (Wildman–Crippen MR) is 103 cm³/mol. The number of nitrogens with zero attached hydrogens (tertiary/aromatic N) is 2. The number of likely N-dealkylation sites (tertiary alicyclic amines) is 1. The van der Waals surface area contributed by atoms with E-state index in [2.05, 4.69) is 5.32 Å². The van der Waals surface area contributed by atoms with Gasteiger partial charge in [0, 0.05) is 6.54 Å². The quantitative estimate of drug-likeness (QED) is 0.599. The van der Waals surface area contributed by atoms with E-state index >= 15 is 0 Å². The SMILES string of the molecule is C[C@@H](OC(C)(C)C)[C@H](NC(=O)C(F)(F)F)C(=O)N1C[C@H]2[C@@H]([C@H]1C(=O)NCC#N)C2(C)C. The minimum absolute atomic E-state index is 0.00732. The van der Waals surface area contributed by atoms with E-state index in [1.165, 1.54) is 11.8 Å². The number of fused-ring (bicyclic) bond motifs is 1. The first kappa shape index (κ1) is 24.9. The molecule has 0 spiro atoms. The fourth-order valence-corrected chi connectivity index (χ4v) is 4.45. The van der Waals surface area contributed by atoms with Gasteiger partial charge in [-0.3, -0.25) is 14.4 Å². The number of carbonyl (C=O) groups is 3. The van der Waals surface area contributed by atoms with Gasteiger partial charge in [0.25, 0.3) is 0 Å². The van der Waals surface area contributed by atoms with Crippen molar-refractivity contribution in [3.05, 3.63) is 0 Å². The predicted octanol–water partition coefficient (Wildman–Crippen LogP) is 1.36. The smallest absolute Gasteiger partial charge is 0.370 e. The molecule has 1 aliphatic heterocycles. The van der Waals surface area contributed by atoms with Crippen LogP contribution in [0.25, 0.3) is 0 Å². The van der Waals surface area contributed by atoms with Gasteiger partial charge in [0.05, 0.1) is 17.8 Å². The lowest BCUT2D eigenvalue weighted by atomic mass is 9.99. The number of carbonyl (C=O) groups excluding carboxylic acids is 3. The highest BCUT2D eigenvalue weighted by molar-refractivity contribution is 5.94. The summed E-state index contributed by atoms with van der Waals surface area (Å²) in [5.41, 5.74) is -1.01. The molecule has 0 radical (unpaired) electrons. The van der Waals surface area contributed by atoms with E-state index in [1.54, 1.807) is 32.2 Å². The summed E-state index contributed by atoms with van der Waals surface area (Å²) in [6.07, 6.45) is -6.27. The molecule has 0 aromatic heterocycles. The summed E-state index contributed by atoms with van der Waals surface area (Å²) < 4.78 is 44.3. The Kier molecular flexibility index (Phi) is 6.67. The van der Waals surface area contributed by atoms with E-state index < -0.39 is 47.7 Å². The van der Waals surface area contributed by atoms with Crippen LogP contribution >= 0.6 is 0 Å². The van der Waals surface area contributed by atoms with Gasteiger partial charge in [0.2, 0.25) is 11.8 Å². The molecule has 1 heterocycles. The molecule has 2 rings (SSSR count). The van der Waals surface area contributed by atoms with Crippen molar-refractivity contribution in [1.82, 2.24) is 15.5 Å². The molecule has 2 fully saturated rings. The van der Waals surface area contributed by atoms with Crippen molar-refractivity contribution in [2.24, 2.45) is 17.3 Å². The molecule has 1 saturated carbocycles. The molecular weight excluding hydrogens is 417 g/mol. The van der Waals surface area contributed by atoms with Crippen LogP contribution in [0.5, 0.6) is 0 Å². The van der Waals surface area contributed by atoms with Crippen LogP contribution < -0.4 is 10.6 Å². The van der Waals surface area contributed by atoms with E-state index in [0.717, 1.165) is 0 Å². The van der Waals surface area contributed by atoms with Crippen molar-refractivity contribution in [2.75, 3.05) is 13.1 Å². The van der Waals surface area contributed by atoms with Crippen LogP contribution in [-0.2, 0) is 19.1 Å². The Labute approximate surface area is 179 Å². The summed E-state index contributed by atoms with van der Waals surface area (Å²) in [6.45, 7) is 10.2. The zero-order valence-electron chi connectivity index (χ0n) is 18.5. The number of nitrogens with one attached hydrogen (secondary N) is 2. The van der Waals surface area contributed by atoms with Gasteiger partial charge in [0.1, 0.15) is 18.6 Å². The maximum atomic E-state index is 13.3. The molecule has 2 N–H and O–H groups in total. The van der Waals surface area contributed by atoms with Crippen LogP contribution in [0.2, 0.25) is 0 Å². The fraction of sp³-hybridized carbons (Fsp3) is 0.800. The number of rotatable bonds is 6. The van der Waals surface area contributed by atoms with Gasteiger partial charge in [-0.15, -0.1) is 0 Å². The number of hydrogen-bond donors (Lipinski definition) is 2. The van der Waals surface area contributed by atoms with Crippen LogP contribution in [0.1, 0.15) is 41.5 Å². The Balaban J connectivity index is 2.32. The average Bonchev–Trinajstić information content (AvgIpc) is 2.97. The molecule has 0 bridgehead atoms. The number of hydrogen-bond acceptors (Lipinski definition) is 5. The van der Waals surface area contributed by atoms with Gasteiger partial charge in [0.15, 0.2) is 0 Å². The number of ether oxygens (including phenoxy) is 1. The second kappa shape index (κ2) is 8.30. The van der Waals surface area contributed by atoms with Gasteiger partial charge in [-0.05, 0) is 44.9 Å². The molecule has 1 saturated heterocycles. The molecular formula is C20H29F3N4O4. The Morgan fingerprint density at radius 3 is 2.32 bits per heavy atom. The first-order chi connectivity index (χ1) is 14.0. The van der Waals surface area contributed by atoms with Crippen molar-refractivity contribution in [1.29, 1.82) is 5.26 Å². The monoisotopic (exact) mass is 446 g/mol. The van der Waals surface area contributed by atoms with Gasteiger partial charge < -0.3 is 20.3 Å². The summed E-state index contributed by atoms with van der Waals surface area (Å²) >= 11 is 0. The number of halogens is 3. The minimum atomic E-state index is -5.18. The highest BCUT2D eigenvalue weighted by Crippen LogP contribution is 2.64.